The van der Waals surface area contributed by atoms with E-state index in [0.717, 1.165) is 18.7 Å². The van der Waals surface area contributed by atoms with Crippen LogP contribution in [0.3, 0.4) is 0 Å². The minimum atomic E-state index is -0.281. The molecular formula is C14H18FNO2. The second kappa shape index (κ2) is 5.87. The molecule has 0 aliphatic carbocycles. The highest BCUT2D eigenvalue weighted by Gasteiger charge is 2.23. The maximum absolute atomic E-state index is 14.1. The third kappa shape index (κ3) is 2.64. The van der Waals surface area contributed by atoms with Gasteiger partial charge in [0.05, 0.1) is 19.8 Å². The third-order valence-electron chi connectivity index (χ3n) is 2.94. The van der Waals surface area contributed by atoms with Crippen molar-refractivity contribution in [2.75, 3.05) is 20.3 Å². The number of hydrogen-bond acceptors (Lipinski definition) is 3. The first kappa shape index (κ1) is 12.9. The zero-order chi connectivity index (χ0) is 13.0. The van der Waals surface area contributed by atoms with Crippen LogP contribution in [0.25, 0.3) is 0 Å². The smallest absolute Gasteiger partial charge is 0.132 e. The molecule has 0 bridgehead atoms. The molecule has 1 atom stereocenters. The van der Waals surface area contributed by atoms with Crippen molar-refractivity contribution in [3.8, 4) is 5.75 Å². The molecule has 0 spiro atoms. The fourth-order valence-corrected chi connectivity index (χ4v) is 2.07. The molecular weight excluding hydrogens is 233 g/mol. The molecule has 3 nitrogen and oxygen atoms in total. The van der Waals surface area contributed by atoms with Crippen molar-refractivity contribution >= 4 is 0 Å². The fourth-order valence-electron chi connectivity index (χ4n) is 2.07. The molecule has 1 aromatic carbocycles. The molecule has 2 rings (SSSR count). The molecule has 1 heterocycles. The van der Waals surface area contributed by atoms with E-state index in [9.17, 15) is 4.39 Å². The van der Waals surface area contributed by atoms with E-state index >= 15 is 0 Å². The largest absolute Gasteiger partial charge is 0.497 e. The van der Waals surface area contributed by atoms with Gasteiger partial charge in [0, 0.05) is 18.1 Å². The van der Waals surface area contributed by atoms with Crippen molar-refractivity contribution in [3.05, 3.63) is 41.4 Å². The second-order valence-electron chi connectivity index (χ2n) is 4.12. The third-order valence-corrected chi connectivity index (χ3v) is 2.94. The lowest BCUT2D eigenvalue weighted by atomic mass is 10.0. The maximum atomic E-state index is 14.1. The lowest BCUT2D eigenvalue weighted by Crippen LogP contribution is -2.24. The number of halogens is 1. The molecule has 1 aliphatic rings. The van der Waals surface area contributed by atoms with Gasteiger partial charge >= 0.3 is 0 Å². The van der Waals surface area contributed by atoms with Gasteiger partial charge in [-0.2, -0.15) is 0 Å². The minimum absolute atomic E-state index is 0.219. The molecule has 0 saturated carbocycles. The van der Waals surface area contributed by atoms with Crippen LogP contribution in [-0.2, 0) is 4.74 Å². The zero-order valence-electron chi connectivity index (χ0n) is 10.7. The monoisotopic (exact) mass is 251 g/mol. The topological polar surface area (TPSA) is 30.5 Å². The number of ether oxygens (including phenoxy) is 2. The number of hydrogen-bond donors (Lipinski definition) is 1. The van der Waals surface area contributed by atoms with E-state index in [1.165, 1.54) is 13.2 Å². The number of nitrogens with one attached hydrogen (secondary N) is 1. The minimum Gasteiger partial charge on any atom is -0.497 e. The SMILES string of the molecule is CCNC(C1=CCCO1)c1ccc(OC)cc1F. The van der Waals surface area contributed by atoms with Crippen molar-refractivity contribution in [2.45, 2.75) is 19.4 Å². The van der Waals surface area contributed by atoms with E-state index < -0.39 is 0 Å². The first-order chi connectivity index (χ1) is 8.76. The summed E-state index contributed by atoms with van der Waals surface area (Å²) in [5, 5.41) is 3.25. The predicted molar refractivity (Wildman–Crippen MR) is 68.0 cm³/mol. The summed E-state index contributed by atoms with van der Waals surface area (Å²) >= 11 is 0. The van der Waals surface area contributed by atoms with Crippen molar-refractivity contribution in [1.82, 2.24) is 5.32 Å². The number of benzene rings is 1. The highest BCUT2D eigenvalue weighted by atomic mass is 19.1. The van der Waals surface area contributed by atoms with Crippen LogP contribution in [0.1, 0.15) is 24.9 Å². The molecule has 1 N–H and O–H groups in total. The van der Waals surface area contributed by atoms with Gasteiger partial charge in [0.15, 0.2) is 0 Å². The first-order valence-electron chi connectivity index (χ1n) is 6.16. The highest BCUT2D eigenvalue weighted by Crippen LogP contribution is 2.29. The molecule has 0 radical (unpaired) electrons. The van der Waals surface area contributed by atoms with Crippen molar-refractivity contribution < 1.29 is 13.9 Å². The lowest BCUT2D eigenvalue weighted by Gasteiger charge is -2.20. The van der Waals surface area contributed by atoms with Crippen LogP contribution in [0.4, 0.5) is 4.39 Å². The molecule has 0 saturated heterocycles. The van der Waals surface area contributed by atoms with Crippen LogP contribution in [0.5, 0.6) is 5.75 Å². The predicted octanol–water partition coefficient (Wildman–Crippen LogP) is 2.79. The summed E-state index contributed by atoms with van der Waals surface area (Å²) in [6.45, 7) is 3.41. The van der Waals surface area contributed by atoms with Gasteiger partial charge in [-0.3, -0.25) is 0 Å². The Bertz CT molecular complexity index is 445. The van der Waals surface area contributed by atoms with Gasteiger partial charge in [-0.15, -0.1) is 0 Å². The van der Waals surface area contributed by atoms with E-state index in [-0.39, 0.29) is 11.9 Å². The maximum Gasteiger partial charge on any atom is 0.132 e. The van der Waals surface area contributed by atoms with Gasteiger partial charge in [-0.1, -0.05) is 13.0 Å². The van der Waals surface area contributed by atoms with Gasteiger partial charge in [-0.25, -0.2) is 4.39 Å². The van der Waals surface area contributed by atoms with E-state index in [2.05, 4.69) is 5.32 Å². The molecule has 18 heavy (non-hydrogen) atoms. The lowest BCUT2D eigenvalue weighted by molar-refractivity contribution is 0.214. The molecule has 98 valence electrons. The van der Waals surface area contributed by atoms with Crippen LogP contribution in [-0.4, -0.2) is 20.3 Å². The van der Waals surface area contributed by atoms with Crippen molar-refractivity contribution in [1.29, 1.82) is 0 Å². The Hall–Kier alpha value is -1.55. The van der Waals surface area contributed by atoms with E-state index in [4.69, 9.17) is 9.47 Å². The summed E-state index contributed by atoms with van der Waals surface area (Å²) in [6.07, 6.45) is 2.89. The zero-order valence-corrected chi connectivity index (χ0v) is 10.7. The molecule has 1 aromatic rings. The van der Waals surface area contributed by atoms with Gasteiger partial charge in [0.25, 0.3) is 0 Å². The van der Waals surface area contributed by atoms with Crippen LogP contribution in [0.2, 0.25) is 0 Å². The first-order valence-corrected chi connectivity index (χ1v) is 6.16. The van der Waals surface area contributed by atoms with Gasteiger partial charge in [0.2, 0.25) is 0 Å². The summed E-state index contributed by atoms with van der Waals surface area (Å²) in [5.74, 6) is 1.05. The Balaban J connectivity index is 2.30. The second-order valence-corrected chi connectivity index (χ2v) is 4.12. The molecule has 0 aromatic heterocycles. The van der Waals surface area contributed by atoms with Crippen molar-refractivity contribution in [3.63, 3.8) is 0 Å². The van der Waals surface area contributed by atoms with E-state index in [0.29, 0.717) is 17.9 Å². The van der Waals surface area contributed by atoms with Crippen LogP contribution in [0.15, 0.2) is 30.0 Å². The van der Waals surface area contributed by atoms with Gasteiger partial charge in [-0.05, 0) is 18.7 Å². The summed E-state index contributed by atoms with van der Waals surface area (Å²) in [4.78, 5) is 0. The summed E-state index contributed by atoms with van der Waals surface area (Å²) in [7, 11) is 1.53. The Morgan fingerprint density at radius 3 is 2.89 bits per heavy atom. The number of rotatable bonds is 5. The van der Waals surface area contributed by atoms with Crippen LogP contribution < -0.4 is 10.1 Å². The summed E-state index contributed by atoms with van der Waals surface area (Å²) < 4.78 is 24.6. The van der Waals surface area contributed by atoms with E-state index in [1.54, 1.807) is 12.1 Å². The fraction of sp³-hybridized carbons (Fsp3) is 0.429. The standard InChI is InChI=1S/C14H18FNO2/c1-3-16-14(13-5-4-8-18-13)11-7-6-10(17-2)9-12(11)15/h5-7,9,14,16H,3-4,8H2,1-2H3. The van der Waals surface area contributed by atoms with Crippen molar-refractivity contribution in [2.24, 2.45) is 0 Å². The average molecular weight is 251 g/mol. The average Bonchev–Trinajstić information content (AvgIpc) is 2.90. The molecule has 0 amide bonds. The Morgan fingerprint density at radius 1 is 1.50 bits per heavy atom. The summed E-state index contributed by atoms with van der Waals surface area (Å²) in [5.41, 5.74) is 0.589. The number of methoxy groups -OCH3 is 1. The van der Waals surface area contributed by atoms with E-state index in [1.807, 2.05) is 13.0 Å². The molecule has 1 aliphatic heterocycles. The summed E-state index contributed by atoms with van der Waals surface area (Å²) in [6, 6.07) is 4.68. The van der Waals surface area contributed by atoms with Crippen LogP contribution >= 0.6 is 0 Å². The van der Waals surface area contributed by atoms with Gasteiger partial charge in [0.1, 0.15) is 17.3 Å². The Kier molecular flexibility index (Phi) is 4.20. The van der Waals surface area contributed by atoms with Crippen LogP contribution in [0, 0.1) is 5.82 Å². The van der Waals surface area contributed by atoms with Gasteiger partial charge < -0.3 is 14.8 Å². The Morgan fingerprint density at radius 2 is 2.33 bits per heavy atom. The molecule has 4 heteroatoms. The molecule has 1 unspecified atom stereocenters. The Labute approximate surface area is 107 Å². The highest BCUT2D eigenvalue weighted by molar-refractivity contribution is 5.34. The number of likely N-dealkylation sites (N-methyl/N-ethyl adjacent to an activating group) is 1. The quantitative estimate of drug-likeness (QED) is 0.873. The normalized spacial score (nSPS) is 16.1. The molecule has 0 fully saturated rings.